The Morgan fingerprint density at radius 2 is 2.06 bits per heavy atom. The quantitative estimate of drug-likeness (QED) is 0.327. The summed E-state index contributed by atoms with van der Waals surface area (Å²) >= 11 is 0. The van der Waals surface area contributed by atoms with Crippen LogP contribution in [0.1, 0.15) is 42.5 Å². The van der Waals surface area contributed by atoms with Crippen LogP contribution in [0.15, 0.2) is 40.8 Å². The van der Waals surface area contributed by atoms with Crippen LogP contribution in [0.5, 0.6) is 0 Å². The Balaban J connectivity index is 1.61. The lowest BCUT2D eigenvalue weighted by molar-refractivity contribution is -0.172. The van der Waals surface area contributed by atoms with Crippen LogP contribution in [0, 0.1) is 0 Å². The van der Waals surface area contributed by atoms with Crippen LogP contribution >= 0.6 is 0 Å². The molecule has 0 saturated carbocycles. The third-order valence-corrected chi connectivity index (χ3v) is 6.56. The maximum Gasteiger partial charge on any atom is 0.354 e. The predicted molar refractivity (Wildman–Crippen MR) is 128 cm³/mol. The highest BCUT2D eigenvalue weighted by atomic mass is 16.6. The van der Waals surface area contributed by atoms with E-state index in [0.29, 0.717) is 22.5 Å². The second-order valence-electron chi connectivity index (χ2n) is 8.78. The second kappa shape index (κ2) is 8.42. The molecule has 1 aromatic carbocycles. The summed E-state index contributed by atoms with van der Waals surface area (Å²) in [5.74, 6) is -1.84. The molecule has 0 spiro atoms. The standard InChI is InChI=1S/C26H23N3O7/c1-4-26(34)18-10-21-22-16(11-29(21)23(31)17(18)12-36-25(26)33)9-15-7-14(5-6-19(15)28-22)8-20(24(32)35-3)27-13(2)30/h5-10,34H,4,11-12H2,1-3H3,(H,27,30)/b20-8-/t26-/m0/s1. The fraction of sp³-hybridized carbons (Fsp3) is 0.269. The van der Waals surface area contributed by atoms with Gasteiger partial charge in [-0.15, -0.1) is 0 Å². The minimum atomic E-state index is -1.88. The number of hydrogen-bond donors (Lipinski definition) is 2. The molecule has 0 fully saturated rings. The summed E-state index contributed by atoms with van der Waals surface area (Å²) in [6.07, 6.45) is 1.58. The molecule has 0 radical (unpaired) electrons. The number of methoxy groups -OCH3 is 1. The SMILES string of the molecule is CC[C@@]1(O)C(=O)OCc2c1cc1n(c2=O)Cc2cc3cc(/C=C(\NC(C)=O)C(=O)OC)ccc3nc2-1. The van der Waals surface area contributed by atoms with Crippen molar-refractivity contribution in [2.75, 3.05) is 7.11 Å². The predicted octanol–water partition coefficient (Wildman–Crippen LogP) is 1.73. The van der Waals surface area contributed by atoms with Gasteiger partial charge in [-0.05, 0) is 42.3 Å². The van der Waals surface area contributed by atoms with E-state index in [0.717, 1.165) is 10.9 Å². The molecule has 5 rings (SSSR count). The zero-order chi connectivity index (χ0) is 25.8. The number of cyclic esters (lactones) is 1. The summed E-state index contributed by atoms with van der Waals surface area (Å²) in [4.78, 5) is 53.9. The van der Waals surface area contributed by atoms with Crippen molar-refractivity contribution in [3.8, 4) is 11.4 Å². The third kappa shape index (κ3) is 3.57. The maximum absolute atomic E-state index is 13.3. The number of esters is 2. The number of carbonyl (C=O) groups is 3. The van der Waals surface area contributed by atoms with Gasteiger partial charge in [-0.25, -0.2) is 14.6 Å². The smallest absolute Gasteiger partial charge is 0.354 e. The van der Waals surface area contributed by atoms with E-state index in [9.17, 15) is 24.3 Å². The van der Waals surface area contributed by atoms with Crippen molar-refractivity contribution >= 4 is 34.8 Å². The number of carbonyl (C=O) groups excluding carboxylic acids is 3. The number of nitrogens with zero attached hydrogens (tertiary/aromatic N) is 2. The van der Waals surface area contributed by atoms with Gasteiger partial charge in [0.15, 0.2) is 5.60 Å². The molecular weight excluding hydrogens is 466 g/mol. The first-order valence-corrected chi connectivity index (χ1v) is 11.3. The Morgan fingerprint density at radius 3 is 2.75 bits per heavy atom. The van der Waals surface area contributed by atoms with Crippen LogP contribution in [0.3, 0.4) is 0 Å². The average Bonchev–Trinajstić information content (AvgIpc) is 3.21. The molecule has 0 aliphatic carbocycles. The first-order valence-electron chi connectivity index (χ1n) is 11.3. The normalized spacial score (nSPS) is 18.2. The largest absolute Gasteiger partial charge is 0.464 e. The first-order chi connectivity index (χ1) is 17.2. The number of rotatable bonds is 4. The zero-order valence-corrected chi connectivity index (χ0v) is 19.9. The Kier molecular flexibility index (Phi) is 5.48. The van der Waals surface area contributed by atoms with Gasteiger partial charge in [-0.3, -0.25) is 9.59 Å². The molecule has 0 unspecified atom stereocenters. The van der Waals surface area contributed by atoms with Gasteiger partial charge in [0.05, 0.1) is 36.1 Å². The summed E-state index contributed by atoms with van der Waals surface area (Å²) in [5.41, 5.74) is 1.53. The van der Waals surface area contributed by atoms with E-state index >= 15 is 0 Å². The number of amides is 1. The van der Waals surface area contributed by atoms with Crippen LogP contribution in [0.4, 0.5) is 0 Å². The van der Waals surface area contributed by atoms with Gasteiger partial charge in [0.1, 0.15) is 12.3 Å². The van der Waals surface area contributed by atoms with Gasteiger partial charge in [0, 0.05) is 23.4 Å². The second-order valence-corrected chi connectivity index (χ2v) is 8.78. The zero-order valence-electron chi connectivity index (χ0n) is 19.9. The number of aromatic nitrogens is 2. The van der Waals surface area contributed by atoms with Gasteiger partial charge in [-0.2, -0.15) is 0 Å². The maximum atomic E-state index is 13.3. The summed E-state index contributed by atoms with van der Waals surface area (Å²) in [6.45, 7) is 3.04. The molecule has 1 atom stereocenters. The number of benzene rings is 1. The molecule has 4 heterocycles. The number of fused-ring (bicyclic) bond motifs is 5. The highest BCUT2D eigenvalue weighted by Gasteiger charge is 2.45. The van der Waals surface area contributed by atoms with Crippen LogP contribution in [0.2, 0.25) is 0 Å². The monoisotopic (exact) mass is 489 g/mol. The van der Waals surface area contributed by atoms with Gasteiger partial charge < -0.3 is 24.5 Å². The summed E-state index contributed by atoms with van der Waals surface area (Å²) in [6, 6.07) is 8.89. The van der Waals surface area contributed by atoms with Crippen LogP contribution in [-0.2, 0) is 42.6 Å². The van der Waals surface area contributed by atoms with E-state index < -0.39 is 23.4 Å². The number of ether oxygens (including phenoxy) is 2. The molecule has 3 aromatic rings. The van der Waals surface area contributed by atoms with Crippen molar-refractivity contribution in [3.05, 3.63) is 68.6 Å². The van der Waals surface area contributed by atoms with E-state index in [1.165, 1.54) is 20.1 Å². The van der Waals surface area contributed by atoms with Crippen molar-refractivity contribution in [1.29, 1.82) is 0 Å². The van der Waals surface area contributed by atoms with E-state index in [1.54, 1.807) is 29.7 Å². The van der Waals surface area contributed by atoms with E-state index in [1.807, 2.05) is 12.1 Å². The lowest BCUT2D eigenvalue weighted by Gasteiger charge is -2.31. The molecule has 10 heteroatoms. The Bertz CT molecular complexity index is 1570. The number of hydrogen-bond acceptors (Lipinski definition) is 8. The van der Waals surface area contributed by atoms with Crippen molar-refractivity contribution < 1.29 is 29.0 Å². The van der Waals surface area contributed by atoms with Crippen molar-refractivity contribution in [3.63, 3.8) is 0 Å². The highest BCUT2D eigenvalue weighted by Crippen LogP contribution is 2.38. The molecule has 1 amide bonds. The Labute approximate surface area is 205 Å². The third-order valence-electron chi connectivity index (χ3n) is 6.56. The molecule has 0 bridgehead atoms. The Morgan fingerprint density at radius 1 is 1.28 bits per heavy atom. The van der Waals surface area contributed by atoms with Crippen molar-refractivity contribution in [1.82, 2.24) is 14.9 Å². The molecule has 0 saturated heterocycles. The van der Waals surface area contributed by atoms with Gasteiger partial charge in [0.25, 0.3) is 5.56 Å². The van der Waals surface area contributed by atoms with E-state index in [-0.39, 0.29) is 42.0 Å². The molecule has 184 valence electrons. The van der Waals surface area contributed by atoms with Gasteiger partial charge in [-0.1, -0.05) is 13.0 Å². The number of nitrogens with one attached hydrogen (secondary N) is 1. The number of pyridine rings is 2. The first kappa shape index (κ1) is 23.4. The lowest BCUT2D eigenvalue weighted by Crippen LogP contribution is -2.44. The van der Waals surface area contributed by atoms with Crippen LogP contribution in [0.25, 0.3) is 28.4 Å². The lowest BCUT2D eigenvalue weighted by atomic mass is 9.86. The van der Waals surface area contributed by atoms with Crippen LogP contribution < -0.4 is 10.9 Å². The molecule has 2 N–H and O–H groups in total. The molecule has 36 heavy (non-hydrogen) atoms. The summed E-state index contributed by atoms with van der Waals surface area (Å²) in [5, 5.41) is 14.2. The Hall–Kier alpha value is -4.31. The molecule has 2 aliphatic heterocycles. The van der Waals surface area contributed by atoms with Gasteiger partial charge >= 0.3 is 11.9 Å². The minimum Gasteiger partial charge on any atom is -0.464 e. The van der Waals surface area contributed by atoms with Gasteiger partial charge in [0.2, 0.25) is 5.91 Å². The van der Waals surface area contributed by atoms with Crippen molar-refractivity contribution in [2.24, 2.45) is 0 Å². The topological polar surface area (TPSA) is 137 Å². The fourth-order valence-electron chi connectivity index (χ4n) is 4.71. The molecule has 10 nitrogen and oxygen atoms in total. The minimum absolute atomic E-state index is 0.00295. The highest BCUT2D eigenvalue weighted by molar-refractivity contribution is 5.98. The summed E-state index contributed by atoms with van der Waals surface area (Å²) < 4.78 is 11.4. The summed E-state index contributed by atoms with van der Waals surface area (Å²) in [7, 11) is 1.23. The molecule has 2 aromatic heterocycles. The molecular formula is C26H23N3O7. The van der Waals surface area contributed by atoms with E-state index in [2.05, 4.69) is 5.32 Å². The van der Waals surface area contributed by atoms with Crippen molar-refractivity contribution in [2.45, 2.75) is 39.0 Å². The van der Waals surface area contributed by atoms with Crippen LogP contribution in [-0.4, -0.2) is 39.6 Å². The number of aliphatic hydroxyl groups is 1. The molecule has 2 aliphatic rings. The fourth-order valence-corrected chi connectivity index (χ4v) is 4.71. The average molecular weight is 489 g/mol. The van der Waals surface area contributed by atoms with E-state index in [4.69, 9.17) is 14.5 Å².